The monoisotopic (exact) mass is 726 g/mol. The molecule has 4 heteroatoms. The van der Waals surface area contributed by atoms with E-state index in [9.17, 15) is 0 Å². The van der Waals surface area contributed by atoms with Gasteiger partial charge in [0.15, 0.2) is 0 Å². The van der Waals surface area contributed by atoms with Crippen molar-refractivity contribution in [2.75, 3.05) is 9.80 Å². The Kier molecular flexibility index (Phi) is 10.5. The Morgan fingerprint density at radius 3 is 1.35 bits per heavy atom. The van der Waals surface area contributed by atoms with Crippen molar-refractivity contribution in [1.29, 1.82) is 0 Å². The summed E-state index contributed by atoms with van der Waals surface area (Å²) in [6.07, 6.45) is 36.2. The van der Waals surface area contributed by atoms with Crippen molar-refractivity contribution in [1.82, 2.24) is 9.97 Å². The second kappa shape index (κ2) is 15.1. The van der Waals surface area contributed by atoms with Crippen LogP contribution in [0.15, 0.2) is 158 Å². The molecule has 0 bridgehead atoms. The van der Waals surface area contributed by atoms with Crippen LogP contribution in [0.3, 0.4) is 0 Å². The van der Waals surface area contributed by atoms with Crippen LogP contribution in [0.25, 0.3) is 11.1 Å². The molecule has 3 aliphatic rings. The standard InChI is InChI=1S/C51H58N4/c1-9-48(5,10-2)50(7)27-13-17-40(25-29-50)54(44-19-15-31-52-36-44)42-21-23-46-38(34-42)33-39-35-43(22-24-47(39)46)55(45-20-16-32-53-37-45)41-18-14-28-51(8,30-26-41)49(6,11-3)12-4/h13-32,34-37H,9-12,33H2,1-8H3. The predicted octanol–water partition coefficient (Wildman–Crippen LogP) is 14.0. The molecule has 2 heterocycles. The highest BCUT2D eigenvalue weighted by atomic mass is 15.2. The van der Waals surface area contributed by atoms with E-state index >= 15 is 0 Å². The third kappa shape index (κ3) is 6.86. The molecule has 7 rings (SSSR count). The zero-order chi connectivity index (χ0) is 38.8. The van der Waals surface area contributed by atoms with Gasteiger partial charge in [-0.05, 0) is 138 Å². The van der Waals surface area contributed by atoms with Gasteiger partial charge in [0.25, 0.3) is 0 Å². The topological polar surface area (TPSA) is 32.3 Å². The van der Waals surface area contributed by atoms with Crippen LogP contribution in [0.5, 0.6) is 0 Å². The molecule has 0 amide bonds. The fourth-order valence-corrected chi connectivity index (χ4v) is 8.89. The lowest BCUT2D eigenvalue weighted by Gasteiger charge is -2.42. The van der Waals surface area contributed by atoms with Crippen LogP contribution in [0.4, 0.5) is 22.7 Å². The van der Waals surface area contributed by atoms with Gasteiger partial charge in [0.05, 0.1) is 23.8 Å². The molecular formula is C51H58N4. The molecule has 0 saturated carbocycles. The van der Waals surface area contributed by atoms with Crippen LogP contribution >= 0.6 is 0 Å². The van der Waals surface area contributed by atoms with Crippen molar-refractivity contribution < 1.29 is 0 Å². The van der Waals surface area contributed by atoms with Gasteiger partial charge in [-0.1, -0.05) is 104 Å². The van der Waals surface area contributed by atoms with Crippen molar-refractivity contribution in [3.8, 4) is 11.1 Å². The minimum absolute atomic E-state index is 0.0551. The molecule has 0 saturated heterocycles. The summed E-state index contributed by atoms with van der Waals surface area (Å²) in [6, 6.07) is 22.3. The zero-order valence-corrected chi connectivity index (χ0v) is 34.2. The summed E-state index contributed by atoms with van der Waals surface area (Å²) in [5, 5.41) is 0. The molecule has 0 spiro atoms. The maximum atomic E-state index is 4.54. The molecule has 2 aromatic carbocycles. The second-order valence-electron chi connectivity index (χ2n) is 16.6. The fourth-order valence-electron chi connectivity index (χ4n) is 8.89. The van der Waals surface area contributed by atoms with Gasteiger partial charge in [-0.15, -0.1) is 0 Å². The number of anilines is 4. The number of hydrogen-bond donors (Lipinski definition) is 0. The van der Waals surface area contributed by atoms with E-state index in [0.29, 0.717) is 0 Å². The summed E-state index contributed by atoms with van der Waals surface area (Å²) in [7, 11) is 0. The molecule has 0 aliphatic heterocycles. The molecular weight excluding hydrogens is 669 g/mol. The number of pyridine rings is 2. The first-order valence-electron chi connectivity index (χ1n) is 20.3. The Bertz CT molecular complexity index is 2040. The molecule has 0 N–H and O–H groups in total. The summed E-state index contributed by atoms with van der Waals surface area (Å²) in [5.41, 5.74) is 12.1. The fraction of sp³-hybridized carbons (Fsp3) is 0.333. The van der Waals surface area contributed by atoms with Crippen LogP contribution in [0.2, 0.25) is 0 Å². The molecule has 2 aromatic heterocycles. The molecule has 2 unspecified atom stereocenters. The average molecular weight is 727 g/mol. The lowest BCUT2D eigenvalue weighted by atomic mass is 9.62. The lowest BCUT2D eigenvalue weighted by molar-refractivity contribution is 0.155. The van der Waals surface area contributed by atoms with E-state index in [4.69, 9.17) is 0 Å². The summed E-state index contributed by atoms with van der Waals surface area (Å²) in [5.74, 6) is 0. The third-order valence-electron chi connectivity index (χ3n) is 14.0. The van der Waals surface area contributed by atoms with Gasteiger partial charge in [-0.25, -0.2) is 0 Å². The minimum atomic E-state index is -0.0551. The second-order valence-corrected chi connectivity index (χ2v) is 16.6. The molecule has 4 aromatic rings. The summed E-state index contributed by atoms with van der Waals surface area (Å²) in [6.45, 7) is 18.8. The number of benzene rings is 2. The number of hydrogen-bond acceptors (Lipinski definition) is 4. The highest BCUT2D eigenvalue weighted by Crippen LogP contribution is 2.50. The van der Waals surface area contributed by atoms with Crippen LogP contribution in [0, 0.1) is 21.7 Å². The van der Waals surface area contributed by atoms with Crippen LogP contribution in [0.1, 0.15) is 92.2 Å². The zero-order valence-electron chi connectivity index (χ0n) is 34.2. The van der Waals surface area contributed by atoms with Crippen LogP contribution in [-0.4, -0.2) is 9.97 Å². The van der Waals surface area contributed by atoms with E-state index in [-0.39, 0.29) is 21.7 Å². The molecule has 55 heavy (non-hydrogen) atoms. The van der Waals surface area contributed by atoms with E-state index in [0.717, 1.165) is 66.2 Å². The molecule has 3 aliphatic carbocycles. The van der Waals surface area contributed by atoms with Gasteiger partial charge >= 0.3 is 0 Å². The summed E-state index contributed by atoms with van der Waals surface area (Å²) in [4.78, 5) is 13.8. The quantitative estimate of drug-likeness (QED) is 0.128. The Hall–Kier alpha value is -5.22. The van der Waals surface area contributed by atoms with Gasteiger partial charge < -0.3 is 9.80 Å². The molecule has 0 fully saturated rings. The number of rotatable bonds is 12. The van der Waals surface area contributed by atoms with E-state index < -0.39 is 0 Å². The lowest BCUT2D eigenvalue weighted by Crippen LogP contribution is -2.33. The molecule has 4 nitrogen and oxygen atoms in total. The van der Waals surface area contributed by atoms with Gasteiger partial charge in [-0.3, -0.25) is 9.97 Å². The smallest absolute Gasteiger partial charge is 0.0644 e. The Morgan fingerprint density at radius 1 is 0.564 bits per heavy atom. The highest BCUT2D eigenvalue weighted by Gasteiger charge is 2.40. The maximum Gasteiger partial charge on any atom is 0.0644 e. The number of aromatic nitrogens is 2. The Labute approximate surface area is 330 Å². The van der Waals surface area contributed by atoms with Crippen LogP contribution in [-0.2, 0) is 6.42 Å². The van der Waals surface area contributed by atoms with Gasteiger partial charge in [0.1, 0.15) is 0 Å². The number of allylic oxidation sites excluding steroid dienone is 10. The van der Waals surface area contributed by atoms with Gasteiger partial charge in [-0.2, -0.15) is 0 Å². The molecule has 2 atom stereocenters. The average Bonchev–Trinajstić information content (AvgIpc) is 3.30. The highest BCUT2D eigenvalue weighted by molar-refractivity contribution is 5.84. The summed E-state index contributed by atoms with van der Waals surface area (Å²) < 4.78 is 0. The maximum absolute atomic E-state index is 4.54. The van der Waals surface area contributed by atoms with Crippen molar-refractivity contribution >= 4 is 22.7 Å². The number of nitrogens with zero attached hydrogens (tertiary/aromatic N) is 4. The van der Waals surface area contributed by atoms with Crippen molar-refractivity contribution in [2.45, 2.75) is 87.5 Å². The normalized spacial score (nSPS) is 20.3. The van der Waals surface area contributed by atoms with E-state index in [2.05, 4.69) is 184 Å². The first kappa shape index (κ1) is 38.1. The molecule has 0 radical (unpaired) electrons. The largest absolute Gasteiger partial charge is 0.309 e. The molecule has 282 valence electrons. The number of fused-ring (bicyclic) bond motifs is 3. The van der Waals surface area contributed by atoms with Crippen molar-refractivity contribution in [3.63, 3.8) is 0 Å². The first-order valence-corrected chi connectivity index (χ1v) is 20.3. The van der Waals surface area contributed by atoms with Crippen molar-refractivity contribution in [2.24, 2.45) is 21.7 Å². The van der Waals surface area contributed by atoms with E-state index in [1.165, 1.54) is 22.3 Å². The predicted molar refractivity (Wildman–Crippen MR) is 234 cm³/mol. The van der Waals surface area contributed by atoms with Crippen LogP contribution < -0.4 is 9.80 Å². The first-order chi connectivity index (χ1) is 26.5. The SMILES string of the molecule is CCC(C)(CC)C1(C)C=CC=C(N(c2cccnc2)c2ccc3c(c2)Cc2cc(N(C4=CC=CC(C)(C(C)(CC)CC)C=C4)c4cccnc4)ccc2-3)C=C1. The third-order valence-corrected chi connectivity index (χ3v) is 14.0. The Balaban J connectivity index is 1.23. The van der Waals surface area contributed by atoms with Gasteiger partial charge in [0, 0.05) is 46.0 Å². The van der Waals surface area contributed by atoms with E-state index in [1.54, 1.807) is 0 Å². The minimum Gasteiger partial charge on any atom is -0.309 e. The van der Waals surface area contributed by atoms with E-state index in [1.807, 2.05) is 36.9 Å². The Morgan fingerprint density at radius 2 is 0.982 bits per heavy atom. The summed E-state index contributed by atoms with van der Waals surface area (Å²) >= 11 is 0. The van der Waals surface area contributed by atoms with Crippen molar-refractivity contribution in [3.05, 3.63) is 169 Å². The van der Waals surface area contributed by atoms with Gasteiger partial charge in [0.2, 0.25) is 0 Å².